The molecular formula is C16H22N2. The number of fused-ring (bicyclic) bond motifs is 1. The number of aromatic nitrogens is 2. The van der Waals surface area contributed by atoms with Gasteiger partial charge in [-0.25, -0.2) is 4.98 Å². The Bertz CT molecular complexity index is 560. The molecule has 0 radical (unpaired) electrons. The maximum Gasteiger partial charge on any atom is 0.110 e. The predicted octanol–water partition coefficient (Wildman–Crippen LogP) is 4.47. The summed E-state index contributed by atoms with van der Waals surface area (Å²) < 4.78 is 0. The van der Waals surface area contributed by atoms with Gasteiger partial charge in [0.1, 0.15) is 5.82 Å². The maximum absolute atomic E-state index is 4.85. The summed E-state index contributed by atoms with van der Waals surface area (Å²) >= 11 is 0. The van der Waals surface area contributed by atoms with E-state index in [9.17, 15) is 0 Å². The van der Waals surface area contributed by atoms with E-state index in [2.05, 4.69) is 37.9 Å². The number of rotatable bonds is 1. The lowest BCUT2D eigenvalue weighted by atomic mass is 9.83. The van der Waals surface area contributed by atoms with Crippen LogP contribution in [0.4, 0.5) is 0 Å². The smallest absolute Gasteiger partial charge is 0.110 e. The molecule has 0 aliphatic heterocycles. The molecule has 1 aromatic heterocycles. The number of aryl methyl sites for hydroxylation is 2. The van der Waals surface area contributed by atoms with Crippen LogP contribution in [-0.4, -0.2) is 9.97 Å². The highest BCUT2D eigenvalue weighted by molar-refractivity contribution is 5.79. The molecule has 18 heavy (non-hydrogen) atoms. The van der Waals surface area contributed by atoms with Crippen LogP contribution in [0.1, 0.15) is 55.5 Å². The third kappa shape index (κ3) is 2.05. The topological polar surface area (TPSA) is 28.7 Å². The first-order valence-electron chi connectivity index (χ1n) is 7.10. The van der Waals surface area contributed by atoms with E-state index < -0.39 is 0 Å². The summed E-state index contributed by atoms with van der Waals surface area (Å²) in [6.07, 6.45) is 5.28. The third-order valence-corrected chi connectivity index (χ3v) is 4.34. The fourth-order valence-corrected chi connectivity index (χ4v) is 3.22. The van der Waals surface area contributed by atoms with Gasteiger partial charge in [0.15, 0.2) is 0 Å². The lowest BCUT2D eigenvalue weighted by Crippen LogP contribution is -2.11. The number of imidazole rings is 1. The minimum atomic E-state index is 0.647. The van der Waals surface area contributed by atoms with Crippen LogP contribution >= 0.6 is 0 Å². The van der Waals surface area contributed by atoms with Crippen molar-refractivity contribution in [3.8, 4) is 0 Å². The Hall–Kier alpha value is -1.31. The summed E-state index contributed by atoms with van der Waals surface area (Å²) in [4.78, 5) is 8.40. The number of benzene rings is 1. The molecule has 1 fully saturated rings. The zero-order valence-electron chi connectivity index (χ0n) is 11.6. The highest BCUT2D eigenvalue weighted by Gasteiger charge is 2.22. The quantitative estimate of drug-likeness (QED) is 0.785. The van der Waals surface area contributed by atoms with Gasteiger partial charge in [-0.15, -0.1) is 0 Å². The molecule has 0 spiro atoms. The highest BCUT2D eigenvalue weighted by atomic mass is 14.9. The average Bonchev–Trinajstić information content (AvgIpc) is 2.74. The number of nitrogens with one attached hydrogen (secondary N) is 1. The van der Waals surface area contributed by atoms with E-state index in [4.69, 9.17) is 4.98 Å². The molecule has 0 unspecified atom stereocenters. The highest BCUT2D eigenvalue weighted by Crippen LogP contribution is 2.35. The van der Waals surface area contributed by atoms with Crippen LogP contribution in [0.2, 0.25) is 0 Å². The van der Waals surface area contributed by atoms with Crippen LogP contribution in [-0.2, 0) is 0 Å². The van der Waals surface area contributed by atoms with Gasteiger partial charge in [0, 0.05) is 5.92 Å². The molecule has 0 atom stereocenters. The van der Waals surface area contributed by atoms with Gasteiger partial charge in [0.2, 0.25) is 0 Å². The van der Waals surface area contributed by atoms with Crippen molar-refractivity contribution < 1.29 is 0 Å². The molecule has 2 nitrogen and oxygen atoms in total. The Balaban J connectivity index is 1.96. The van der Waals surface area contributed by atoms with Gasteiger partial charge in [0.25, 0.3) is 0 Å². The van der Waals surface area contributed by atoms with E-state index in [0.717, 1.165) is 11.4 Å². The minimum Gasteiger partial charge on any atom is -0.342 e. The summed E-state index contributed by atoms with van der Waals surface area (Å²) in [7, 11) is 0. The molecule has 1 saturated carbocycles. The zero-order valence-corrected chi connectivity index (χ0v) is 11.6. The molecule has 2 aromatic rings. The second-order valence-electron chi connectivity index (χ2n) is 6.06. The van der Waals surface area contributed by atoms with E-state index in [1.807, 2.05) is 0 Å². The van der Waals surface area contributed by atoms with Crippen molar-refractivity contribution in [3.05, 3.63) is 29.1 Å². The number of hydrogen-bond donors (Lipinski definition) is 1. The van der Waals surface area contributed by atoms with Gasteiger partial charge in [0.05, 0.1) is 11.0 Å². The molecule has 3 rings (SSSR count). The summed E-state index contributed by atoms with van der Waals surface area (Å²) in [5.41, 5.74) is 4.97. The number of aromatic amines is 1. The fraction of sp³-hybridized carbons (Fsp3) is 0.562. The first-order chi connectivity index (χ1) is 8.63. The lowest BCUT2D eigenvalue weighted by Gasteiger charge is -2.24. The summed E-state index contributed by atoms with van der Waals surface area (Å²) in [5.74, 6) is 2.76. The minimum absolute atomic E-state index is 0.647. The summed E-state index contributed by atoms with van der Waals surface area (Å²) in [5, 5.41) is 0. The van der Waals surface area contributed by atoms with Crippen molar-refractivity contribution in [3.63, 3.8) is 0 Å². The molecule has 0 amide bonds. The summed E-state index contributed by atoms with van der Waals surface area (Å²) in [6.45, 7) is 6.67. The van der Waals surface area contributed by atoms with Crippen LogP contribution in [0.3, 0.4) is 0 Å². The number of hydrogen-bond acceptors (Lipinski definition) is 1. The maximum atomic E-state index is 4.85. The second-order valence-corrected chi connectivity index (χ2v) is 6.06. The van der Waals surface area contributed by atoms with Crippen LogP contribution in [0, 0.1) is 19.8 Å². The van der Waals surface area contributed by atoms with E-state index in [0.29, 0.717) is 5.92 Å². The van der Waals surface area contributed by atoms with Crippen molar-refractivity contribution in [1.29, 1.82) is 0 Å². The second kappa shape index (κ2) is 4.42. The van der Waals surface area contributed by atoms with Crippen LogP contribution in [0.15, 0.2) is 12.1 Å². The van der Waals surface area contributed by atoms with Gasteiger partial charge >= 0.3 is 0 Å². The van der Waals surface area contributed by atoms with Crippen LogP contribution in [0.5, 0.6) is 0 Å². The van der Waals surface area contributed by atoms with E-state index >= 15 is 0 Å². The molecule has 0 bridgehead atoms. The molecule has 0 saturated heterocycles. The van der Waals surface area contributed by atoms with Crippen molar-refractivity contribution in [2.24, 2.45) is 5.92 Å². The SMILES string of the molecule is Cc1cc(C)c2nc(C3CCC(C)CC3)[nH]c2c1. The average molecular weight is 242 g/mol. The Morgan fingerprint density at radius 2 is 1.83 bits per heavy atom. The normalized spacial score (nSPS) is 24.6. The predicted molar refractivity (Wildman–Crippen MR) is 75.9 cm³/mol. The molecule has 2 heteroatoms. The number of H-pyrrole nitrogens is 1. The van der Waals surface area contributed by atoms with Crippen molar-refractivity contribution in [2.45, 2.75) is 52.4 Å². The molecular weight excluding hydrogens is 220 g/mol. The van der Waals surface area contributed by atoms with Crippen molar-refractivity contribution in [2.75, 3.05) is 0 Å². The fourth-order valence-electron chi connectivity index (χ4n) is 3.22. The van der Waals surface area contributed by atoms with E-state index in [-0.39, 0.29) is 0 Å². The van der Waals surface area contributed by atoms with E-state index in [1.165, 1.54) is 48.2 Å². The lowest BCUT2D eigenvalue weighted by molar-refractivity contribution is 0.341. The molecule has 96 valence electrons. The largest absolute Gasteiger partial charge is 0.342 e. The van der Waals surface area contributed by atoms with Crippen LogP contribution in [0.25, 0.3) is 11.0 Å². The Kier molecular flexibility index (Phi) is 2.89. The van der Waals surface area contributed by atoms with Crippen molar-refractivity contribution in [1.82, 2.24) is 9.97 Å². The van der Waals surface area contributed by atoms with Gasteiger partial charge in [-0.3, -0.25) is 0 Å². The Morgan fingerprint density at radius 1 is 1.11 bits per heavy atom. The molecule has 1 heterocycles. The van der Waals surface area contributed by atoms with Gasteiger partial charge < -0.3 is 4.98 Å². The molecule has 1 aromatic carbocycles. The molecule has 1 aliphatic rings. The Morgan fingerprint density at radius 3 is 2.56 bits per heavy atom. The van der Waals surface area contributed by atoms with Gasteiger partial charge in [-0.1, -0.05) is 25.8 Å². The zero-order chi connectivity index (χ0) is 12.7. The standard InChI is InChI=1S/C16H22N2/c1-10-4-6-13(7-5-10)16-17-14-9-11(2)8-12(3)15(14)18-16/h8-10,13H,4-7H2,1-3H3,(H,17,18). The van der Waals surface area contributed by atoms with Crippen molar-refractivity contribution >= 4 is 11.0 Å². The van der Waals surface area contributed by atoms with Gasteiger partial charge in [-0.2, -0.15) is 0 Å². The monoisotopic (exact) mass is 242 g/mol. The molecule has 1 N–H and O–H groups in total. The van der Waals surface area contributed by atoms with Crippen LogP contribution < -0.4 is 0 Å². The number of nitrogens with zero attached hydrogens (tertiary/aromatic N) is 1. The summed E-state index contributed by atoms with van der Waals surface area (Å²) in [6, 6.07) is 4.43. The Labute approximate surface area is 109 Å². The third-order valence-electron chi connectivity index (χ3n) is 4.34. The molecule has 1 aliphatic carbocycles. The van der Waals surface area contributed by atoms with Gasteiger partial charge in [-0.05, 0) is 49.8 Å². The first kappa shape index (κ1) is 11.8. The van der Waals surface area contributed by atoms with E-state index in [1.54, 1.807) is 0 Å². The first-order valence-corrected chi connectivity index (χ1v) is 7.10.